The number of fused-ring (bicyclic) bond motifs is 1. The van der Waals surface area contributed by atoms with Gasteiger partial charge < -0.3 is 15.1 Å². The summed E-state index contributed by atoms with van der Waals surface area (Å²) in [5, 5.41) is 3.38. The van der Waals surface area contributed by atoms with Crippen LogP contribution < -0.4 is 11.0 Å². The molecule has 0 radical (unpaired) electrons. The number of aromatic nitrogens is 2. The number of anilines is 1. The second kappa shape index (κ2) is 9.48. The number of nitrogens with one attached hydrogen (secondary N) is 1. The van der Waals surface area contributed by atoms with Gasteiger partial charge in [0, 0.05) is 43.4 Å². The molecule has 1 fully saturated rings. The predicted octanol–water partition coefficient (Wildman–Crippen LogP) is 3.24. The average Bonchev–Trinajstić information content (AvgIpc) is 3.05. The minimum atomic E-state index is -0.224. The topological polar surface area (TPSA) is 79.6 Å². The SMILES string of the molecule is CCCn1c(=O)n(CC(=O)N2CCN(C(=O)Nc3cccc(Cl)c3)CC2)c2ccccc21. The third-order valence-corrected chi connectivity index (χ3v) is 5.90. The highest BCUT2D eigenvalue weighted by Gasteiger charge is 2.25. The number of hydrogen-bond acceptors (Lipinski definition) is 3. The van der Waals surface area contributed by atoms with Crippen LogP contribution >= 0.6 is 11.6 Å². The van der Waals surface area contributed by atoms with Crippen LogP contribution in [0.3, 0.4) is 0 Å². The van der Waals surface area contributed by atoms with Crippen molar-refractivity contribution in [3.05, 3.63) is 64.0 Å². The summed E-state index contributed by atoms with van der Waals surface area (Å²) >= 11 is 5.97. The van der Waals surface area contributed by atoms with Crippen molar-refractivity contribution in [2.45, 2.75) is 26.4 Å². The Hall–Kier alpha value is -3.26. The Bertz CT molecular complexity index is 1190. The van der Waals surface area contributed by atoms with E-state index >= 15 is 0 Å². The number of para-hydroxylation sites is 2. The maximum absolute atomic E-state index is 13.0. The molecule has 168 valence electrons. The lowest BCUT2D eigenvalue weighted by Crippen LogP contribution is -2.52. The Morgan fingerprint density at radius 3 is 2.25 bits per heavy atom. The number of piperazine rings is 1. The standard InChI is InChI=1S/C23H26ClN5O3/c1-2-10-28-19-8-3-4-9-20(19)29(23(28)32)16-21(30)26-11-13-27(14-12-26)22(31)25-18-7-5-6-17(24)15-18/h3-9,15H,2,10-14,16H2,1H3,(H,25,31). The summed E-state index contributed by atoms with van der Waals surface area (Å²) in [6, 6.07) is 14.3. The van der Waals surface area contributed by atoms with E-state index in [4.69, 9.17) is 11.6 Å². The Morgan fingerprint density at radius 2 is 1.59 bits per heavy atom. The van der Waals surface area contributed by atoms with Crippen molar-refractivity contribution in [1.29, 1.82) is 0 Å². The molecule has 1 aliphatic rings. The lowest BCUT2D eigenvalue weighted by atomic mass is 10.3. The summed E-state index contributed by atoms with van der Waals surface area (Å²) < 4.78 is 3.27. The highest BCUT2D eigenvalue weighted by molar-refractivity contribution is 6.30. The summed E-state index contributed by atoms with van der Waals surface area (Å²) in [6.07, 6.45) is 0.834. The van der Waals surface area contributed by atoms with Gasteiger partial charge in [0.25, 0.3) is 0 Å². The van der Waals surface area contributed by atoms with Crippen LogP contribution in [-0.2, 0) is 17.9 Å². The smallest absolute Gasteiger partial charge is 0.329 e. The van der Waals surface area contributed by atoms with Gasteiger partial charge in [-0.3, -0.25) is 13.9 Å². The Morgan fingerprint density at radius 1 is 0.938 bits per heavy atom. The van der Waals surface area contributed by atoms with E-state index < -0.39 is 0 Å². The summed E-state index contributed by atoms with van der Waals surface area (Å²) in [6.45, 7) is 4.31. The summed E-state index contributed by atoms with van der Waals surface area (Å²) in [7, 11) is 0. The zero-order chi connectivity index (χ0) is 22.7. The minimum absolute atomic E-state index is 0.00915. The molecule has 2 heterocycles. The lowest BCUT2D eigenvalue weighted by Gasteiger charge is -2.34. The van der Waals surface area contributed by atoms with Crippen molar-refractivity contribution in [1.82, 2.24) is 18.9 Å². The first-order valence-corrected chi connectivity index (χ1v) is 11.1. The molecular formula is C23H26ClN5O3. The van der Waals surface area contributed by atoms with Gasteiger partial charge >= 0.3 is 11.7 Å². The monoisotopic (exact) mass is 455 g/mol. The Balaban J connectivity index is 1.40. The molecule has 1 N–H and O–H groups in total. The van der Waals surface area contributed by atoms with Gasteiger partial charge in [-0.1, -0.05) is 36.7 Å². The fourth-order valence-electron chi connectivity index (χ4n) is 4.03. The fraction of sp³-hybridized carbons (Fsp3) is 0.348. The van der Waals surface area contributed by atoms with Gasteiger partial charge in [0.1, 0.15) is 6.54 Å². The summed E-state index contributed by atoms with van der Waals surface area (Å²) in [5.41, 5.74) is 2.07. The van der Waals surface area contributed by atoms with Gasteiger partial charge in [-0.25, -0.2) is 9.59 Å². The van der Waals surface area contributed by atoms with Crippen molar-refractivity contribution in [2.24, 2.45) is 0 Å². The second-order valence-corrected chi connectivity index (χ2v) is 8.25. The molecule has 9 heteroatoms. The number of carbonyl (C=O) groups is 2. The molecular weight excluding hydrogens is 430 g/mol. The van der Waals surface area contributed by atoms with Crippen LogP contribution in [0.15, 0.2) is 53.3 Å². The number of urea groups is 1. The van der Waals surface area contributed by atoms with E-state index in [1.165, 1.54) is 0 Å². The van der Waals surface area contributed by atoms with Crippen LogP contribution in [0.2, 0.25) is 5.02 Å². The quantitative estimate of drug-likeness (QED) is 0.641. The fourth-order valence-corrected chi connectivity index (χ4v) is 4.22. The number of benzene rings is 2. The van der Waals surface area contributed by atoms with E-state index in [1.54, 1.807) is 43.2 Å². The largest absolute Gasteiger partial charge is 0.338 e. The molecule has 1 aliphatic heterocycles. The summed E-state index contributed by atoms with van der Waals surface area (Å²) in [5.74, 6) is -0.124. The molecule has 1 saturated heterocycles. The second-order valence-electron chi connectivity index (χ2n) is 7.82. The average molecular weight is 456 g/mol. The lowest BCUT2D eigenvalue weighted by molar-refractivity contribution is -0.133. The normalized spacial score (nSPS) is 14.1. The maximum atomic E-state index is 13.0. The van der Waals surface area contributed by atoms with Crippen LogP contribution in [0, 0.1) is 0 Å². The van der Waals surface area contributed by atoms with Gasteiger partial charge in [0.2, 0.25) is 5.91 Å². The molecule has 32 heavy (non-hydrogen) atoms. The zero-order valence-corrected chi connectivity index (χ0v) is 18.7. The van der Waals surface area contributed by atoms with Gasteiger partial charge in [-0.05, 0) is 36.8 Å². The van der Waals surface area contributed by atoms with E-state index in [2.05, 4.69) is 5.32 Å². The van der Waals surface area contributed by atoms with Crippen LogP contribution in [0.1, 0.15) is 13.3 Å². The van der Waals surface area contributed by atoms with Gasteiger partial charge in [-0.2, -0.15) is 0 Å². The Labute approximate surface area is 191 Å². The predicted molar refractivity (Wildman–Crippen MR) is 125 cm³/mol. The number of halogens is 1. The van der Waals surface area contributed by atoms with Gasteiger partial charge in [0.15, 0.2) is 0 Å². The van der Waals surface area contributed by atoms with Crippen molar-refractivity contribution < 1.29 is 9.59 Å². The maximum Gasteiger partial charge on any atom is 0.329 e. The minimum Gasteiger partial charge on any atom is -0.338 e. The molecule has 1 aromatic heterocycles. The number of amides is 3. The van der Waals surface area contributed by atoms with Gasteiger partial charge in [-0.15, -0.1) is 0 Å². The number of aryl methyl sites for hydroxylation is 1. The third-order valence-electron chi connectivity index (χ3n) is 5.66. The van der Waals surface area contributed by atoms with E-state index in [1.807, 2.05) is 31.2 Å². The van der Waals surface area contributed by atoms with Crippen molar-refractivity contribution in [2.75, 3.05) is 31.5 Å². The highest BCUT2D eigenvalue weighted by atomic mass is 35.5. The van der Waals surface area contributed by atoms with E-state index in [9.17, 15) is 14.4 Å². The number of hydrogen-bond donors (Lipinski definition) is 1. The number of nitrogens with zero attached hydrogens (tertiary/aromatic N) is 4. The first-order valence-electron chi connectivity index (χ1n) is 10.7. The molecule has 0 spiro atoms. The Kier molecular flexibility index (Phi) is 6.50. The number of carbonyl (C=O) groups excluding carboxylic acids is 2. The molecule has 0 saturated carbocycles. The van der Waals surface area contributed by atoms with Crippen molar-refractivity contribution in [3.8, 4) is 0 Å². The molecule has 4 rings (SSSR count). The van der Waals surface area contributed by atoms with E-state index in [0.29, 0.717) is 43.4 Å². The molecule has 0 unspecified atom stereocenters. The molecule has 3 aromatic rings. The first-order chi connectivity index (χ1) is 15.5. The molecule has 2 aromatic carbocycles. The first kappa shape index (κ1) is 22.0. The van der Waals surface area contributed by atoms with Crippen LogP contribution in [0.25, 0.3) is 11.0 Å². The molecule has 0 bridgehead atoms. The van der Waals surface area contributed by atoms with Crippen LogP contribution in [0.4, 0.5) is 10.5 Å². The zero-order valence-electron chi connectivity index (χ0n) is 18.0. The number of rotatable bonds is 5. The molecule has 0 aliphatic carbocycles. The van der Waals surface area contributed by atoms with Crippen molar-refractivity contribution in [3.63, 3.8) is 0 Å². The van der Waals surface area contributed by atoms with Crippen LogP contribution in [0.5, 0.6) is 0 Å². The van der Waals surface area contributed by atoms with E-state index in [-0.39, 0.29) is 24.2 Å². The van der Waals surface area contributed by atoms with Crippen LogP contribution in [-0.4, -0.2) is 57.1 Å². The number of imidazole rings is 1. The summed E-state index contributed by atoms with van der Waals surface area (Å²) in [4.78, 5) is 41.8. The van der Waals surface area contributed by atoms with Gasteiger partial charge in [0.05, 0.1) is 11.0 Å². The third kappa shape index (κ3) is 4.50. The molecule has 3 amide bonds. The molecule has 0 atom stereocenters. The van der Waals surface area contributed by atoms with Crippen molar-refractivity contribution >= 4 is 40.3 Å². The molecule has 8 nitrogen and oxygen atoms in total. The van der Waals surface area contributed by atoms with E-state index in [0.717, 1.165) is 17.5 Å². The highest BCUT2D eigenvalue weighted by Crippen LogP contribution is 2.17.